The molecule has 0 aliphatic heterocycles. The molecule has 108 valence electrons. The monoisotopic (exact) mass is 260 g/mol. The molecule has 5 nitrogen and oxygen atoms in total. The highest BCUT2D eigenvalue weighted by Crippen LogP contribution is 2.02. The second-order valence-corrected chi connectivity index (χ2v) is 4.59. The molecule has 0 rings (SSSR count). The van der Waals surface area contributed by atoms with Gasteiger partial charge in [-0.3, -0.25) is 4.79 Å². The predicted octanol–water partition coefficient (Wildman–Crippen LogP) is 0.886. The van der Waals surface area contributed by atoms with E-state index in [9.17, 15) is 4.79 Å². The molecule has 0 radical (unpaired) electrons. The fourth-order valence-electron chi connectivity index (χ4n) is 1.51. The molecule has 0 aromatic carbocycles. The molecule has 0 amide bonds. The van der Waals surface area contributed by atoms with Crippen LogP contribution in [0.1, 0.15) is 26.2 Å². The van der Waals surface area contributed by atoms with E-state index in [1.807, 2.05) is 14.1 Å². The van der Waals surface area contributed by atoms with Crippen molar-refractivity contribution in [3.63, 3.8) is 0 Å². The van der Waals surface area contributed by atoms with Crippen molar-refractivity contribution in [2.24, 2.45) is 0 Å². The third kappa shape index (κ3) is 9.39. The first kappa shape index (κ1) is 17.4. The van der Waals surface area contributed by atoms with Crippen molar-refractivity contribution in [2.75, 3.05) is 47.5 Å². The van der Waals surface area contributed by atoms with Crippen LogP contribution >= 0.6 is 0 Å². The second kappa shape index (κ2) is 11.4. The number of likely N-dealkylation sites (N-methyl/N-ethyl adjacent to an activating group) is 1. The largest absolute Gasteiger partial charge is 0.468 e. The maximum atomic E-state index is 11.5. The molecule has 5 heteroatoms. The van der Waals surface area contributed by atoms with Gasteiger partial charge in [-0.25, -0.2) is 0 Å². The van der Waals surface area contributed by atoms with Crippen LogP contribution in [0.2, 0.25) is 0 Å². The Kier molecular flexibility index (Phi) is 11.0. The number of esters is 1. The van der Waals surface area contributed by atoms with Gasteiger partial charge in [0, 0.05) is 13.1 Å². The van der Waals surface area contributed by atoms with E-state index in [1.165, 1.54) is 7.11 Å². The van der Waals surface area contributed by atoms with E-state index in [-0.39, 0.29) is 12.0 Å². The number of carbonyl (C=O) groups is 1. The van der Waals surface area contributed by atoms with Gasteiger partial charge in [-0.1, -0.05) is 19.8 Å². The van der Waals surface area contributed by atoms with Crippen molar-refractivity contribution in [1.82, 2.24) is 10.2 Å². The van der Waals surface area contributed by atoms with Crippen LogP contribution in [-0.4, -0.2) is 64.4 Å². The Morgan fingerprint density at radius 2 is 2.06 bits per heavy atom. The van der Waals surface area contributed by atoms with Crippen molar-refractivity contribution in [1.29, 1.82) is 0 Å². The number of nitrogens with one attached hydrogen (secondary N) is 1. The molecule has 1 N–H and O–H groups in total. The molecule has 0 bridgehead atoms. The summed E-state index contributed by atoms with van der Waals surface area (Å²) in [4.78, 5) is 13.6. The van der Waals surface area contributed by atoms with Crippen molar-refractivity contribution < 1.29 is 14.3 Å². The topological polar surface area (TPSA) is 50.8 Å². The van der Waals surface area contributed by atoms with Gasteiger partial charge in [-0.15, -0.1) is 0 Å². The summed E-state index contributed by atoms with van der Waals surface area (Å²) in [5.74, 6) is -0.184. The van der Waals surface area contributed by atoms with Crippen molar-refractivity contribution in [2.45, 2.75) is 32.2 Å². The van der Waals surface area contributed by atoms with Gasteiger partial charge in [0.25, 0.3) is 0 Å². The van der Waals surface area contributed by atoms with E-state index in [0.29, 0.717) is 19.8 Å². The van der Waals surface area contributed by atoms with E-state index < -0.39 is 0 Å². The number of nitrogens with zero attached hydrogens (tertiary/aromatic N) is 1. The standard InChI is InChI=1S/C13H28N2O3/c1-5-6-7-12(13(16)17-4)14-8-10-18-11-9-15(2)3/h12,14H,5-11H2,1-4H3. The first-order valence-electron chi connectivity index (χ1n) is 6.65. The summed E-state index contributed by atoms with van der Waals surface area (Å²) in [6.45, 7) is 5.03. The first-order chi connectivity index (χ1) is 8.61. The summed E-state index contributed by atoms with van der Waals surface area (Å²) < 4.78 is 10.2. The van der Waals surface area contributed by atoms with Crippen LogP contribution in [0, 0.1) is 0 Å². The van der Waals surface area contributed by atoms with Gasteiger partial charge >= 0.3 is 5.97 Å². The van der Waals surface area contributed by atoms with Gasteiger partial charge in [-0.2, -0.15) is 0 Å². The zero-order valence-electron chi connectivity index (χ0n) is 12.2. The van der Waals surface area contributed by atoms with Gasteiger partial charge in [0.1, 0.15) is 6.04 Å². The lowest BCUT2D eigenvalue weighted by Gasteiger charge is -2.16. The maximum Gasteiger partial charge on any atom is 0.322 e. The van der Waals surface area contributed by atoms with Crippen LogP contribution in [0.3, 0.4) is 0 Å². The van der Waals surface area contributed by atoms with Crippen LogP contribution in [-0.2, 0) is 14.3 Å². The summed E-state index contributed by atoms with van der Waals surface area (Å²) >= 11 is 0. The number of hydrogen-bond donors (Lipinski definition) is 1. The highest BCUT2D eigenvalue weighted by molar-refractivity contribution is 5.75. The number of ether oxygens (including phenoxy) is 2. The normalized spacial score (nSPS) is 12.7. The molecule has 0 aliphatic carbocycles. The Morgan fingerprint density at radius 1 is 1.33 bits per heavy atom. The van der Waals surface area contributed by atoms with Crippen molar-refractivity contribution >= 4 is 5.97 Å². The molecule has 0 saturated heterocycles. The lowest BCUT2D eigenvalue weighted by Crippen LogP contribution is -2.39. The predicted molar refractivity (Wildman–Crippen MR) is 72.7 cm³/mol. The number of unbranched alkanes of at least 4 members (excludes halogenated alkanes) is 1. The summed E-state index contributed by atoms with van der Waals surface area (Å²) in [6, 6.07) is -0.201. The van der Waals surface area contributed by atoms with Crippen molar-refractivity contribution in [3.8, 4) is 0 Å². The Labute approximate surface area is 111 Å². The molecule has 1 atom stereocenters. The fraction of sp³-hybridized carbons (Fsp3) is 0.923. The summed E-state index contributed by atoms with van der Waals surface area (Å²) in [5, 5.41) is 3.18. The molecule has 1 unspecified atom stereocenters. The number of hydrogen-bond acceptors (Lipinski definition) is 5. The Morgan fingerprint density at radius 3 is 2.61 bits per heavy atom. The Hall–Kier alpha value is -0.650. The number of rotatable bonds is 11. The minimum Gasteiger partial charge on any atom is -0.468 e. The first-order valence-corrected chi connectivity index (χ1v) is 6.65. The van der Waals surface area contributed by atoms with E-state index in [4.69, 9.17) is 9.47 Å². The molecule has 18 heavy (non-hydrogen) atoms. The smallest absolute Gasteiger partial charge is 0.322 e. The Bertz CT molecular complexity index is 210. The maximum absolute atomic E-state index is 11.5. The Balaban J connectivity index is 3.65. The quantitative estimate of drug-likeness (QED) is 0.441. The van der Waals surface area contributed by atoms with Gasteiger partial charge in [0.15, 0.2) is 0 Å². The lowest BCUT2D eigenvalue weighted by atomic mass is 10.1. The molecule has 0 spiro atoms. The van der Waals surface area contributed by atoms with Crippen LogP contribution in [0.25, 0.3) is 0 Å². The van der Waals surface area contributed by atoms with E-state index in [2.05, 4.69) is 17.1 Å². The van der Waals surface area contributed by atoms with Gasteiger partial charge in [0.2, 0.25) is 0 Å². The summed E-state index contributed by atoms with van der Waals surface area (Å²) in [7, 11) is 5.45. The highest BCUT2D eigenvalue weighted by Gasteiger charge is 2.17. The van der Waals surface area contributed by atoms with E-state index >= 15 is 0 Å². The third-order valence-electron chi connectivity index (χ3n) is 2.65. The average molecular weight is 260 g/mol. The minimum absolute atomic E-state index is 0.184. The van der Waals surface area contributed by atoms with Crippen LogP contribution in [0.4, 0.5) is 0 Å². The molecule has 0 saturated carbocycles. The lowest BCUT2D eigenvalue weighted by molar-refractivity contribution is -0.143. The van der Waals surface area contributed by atoms with Crippen LogP contribution in [0.5, 0.6) is 0 Å². The molecule has 0 heterocycles. The molecular formula is C13H28N2O3. The third-order valence-corrected chi connectivity index (χ3v) is 2.65. The van der Waals surface area contributed by atoms with Gasteiger partial charge in [0.05, 0.1) is 20.3 Å². The molecule has 0 aromatic rings. The SMILES string of the molecule is CCCCC(NCCOCCN(C)C)C(=O)OC. The van der Waals surface area contributed by atoms with E-state index in [0.717, 1.165) is 25.8 Å². The molecule has 0 fully saturated rings. The average Bonchev–Trinajstić information content (AvgIpc) is 2.35. The zero-order chi connectivity index (χ0) is 13.8. The van der Waals surface area contributed by atoms with Gasteiger partial charge < -0.3 is 19.7 Å². The van der Waals surface area contributed by atoms with Crippen molar-refractivity contribution in [3.05, 3.63) is 0 Å². The zero-order valence-corrected chi connectivity index (χ0v) is 12.2. The second-order valence-electron chi connectivity index (χ2n) is 4.59. The highest BCUT2D eigenvalue weighted by atomic mass is 16.5. The number of methoxy groups -OCH3 is 1. The molecular weight excluding hydrogens is 232 g/mol. The van der Waals surface area contributed by atoms with Crippen LogP contribution < -0.4 is 5.32 Å². The molecule has 0 aliphatic rings. The number of carbonyl (C=O) groups excluding carboxylic acids is 1. The summed E-state index contributed by atoms with van der Waals surface area (Å²) in [6.07, 6.45) is 2.92. The van der Waals surface area contributed by atoms with Gasteiger partial charge in [-0.05, 0) is 20.5 Å². The van der Waals surface area contributed by atoms with E-state index in [1.54, 1.807) is 0 Å². The minimum atomic E-state index is -0.201. The fourth-order valence-corrected chi connectivity index (χ4v) is 1.51. The van der Waals surface area contributed by atoms with Crippen LogP contribution in [0.15, 0.2) is 0 Å². The summed E-state index contributed by atoms with van der Waals surface area (Å²) in [5.41, 5.74) is 0. The molecule has 0 aromatic heterocycles.